The Bertz CT molecular complexity index is 762. The van der Waals surface area contributed by atoms with E-state index in [0.717, 1.165) is 32.6 Å². The maximum absolute atomic E-state index is 13.1. The van der Waals surface area contributed by atoms with E-state index in [-0.39, 0.29) is 17.1 Å². The maximum Gasteiger partial charge on any atom is 0.253 e. The zero-order valence-electron chi connectivity index (χ0n) is 16.5. The quantitative estimate of drug-likeness (QED) is 0.798. The number of hydrogen-bond donors (Lipinski definition) is 0. The van der Waals surface area contributed by atoms with Crippen molar-refractivity contribution in [1.82, 2.24) is 9.80 Å². The van der Waals surface area contributed by atoms with Crippen LogP contribution in [0, 0.1) is 5.82 Å². The van der Waals surface area contributed by atoms with Crippen molar-refractivity contribution in [2.24, 2.45) is 0 Å². The van der Waals surface area contributed by atoms with Crippen molar-refractivity contribution in [1.29, 1.82) is 0 Å². The maximum atomic E-state index is 13.1. The molecule has 1 aliphatic rings. The molecule has 27 heavy (non-hydrogen) atoms. The third kappa shape index (κ3) is 5.16. The predicted molar refractivity (Wildman–Crippen MR) is 107 cm³/mol. The SMILES string of the molecule is CC(C)(C)c1ccc(CN2CCCN(C(=O)c3ccc(F)cc3)CC2)cc1. The van der Waals surface area contributed by atoms with E-state index in [1.54, 1.807) is 12.1 Å². The molecular weight excluding hydrogens is 339 g/mol. The van der Waals surface area contributed by atoms with Crippen molar-refractivity contribution in [3.8, 4) is 0 Å². The van der Waals surface area contributed by atoms with Crippen LogP contribution in [0.3, 0.4) is 0 Å². The van der Waals surface area contributed by atoms with Crippen LogP contribution in [0.4, 0.5) is 4.39 Å². The fourth-order valence-corrected chi connectivity index (χ4v) is 3.48. The van der Waals surface area contributed by atoms with Crippen molar-refractivity contribution in [3.63, 3.8) is 0 Å². The second-order valence-corrected chi connectivity index (χ2v) is 8.38. The van der Waals surface area contributed by atoms with Crippen LogP contribution in [0.25, 0.3) is 0 Å². The number of amides is 1. The highest BCUT2D eigenvalue weighted by Crippen LogP contribution is 2.22. The Kier molecular flexibility index (Phi) is 5.95. The summed E-state index contributed by atoms with van der Waals surface area (Å²) in [4.78, 5) is 16.9. The molecular formula is C23H29FN2O. The summed E-state index contributed by atoms with van der Waals surface area (Å²) in [5.41, 5.74) is 3.38. The number of halogens is 1. The predicted octanol–water partition coefficient (Wildman–Crippen LogP) is 4.47. The molecule has 0 unspecified atom stereocenters. The molecule has 3 rings (SSSR count). The molecule has 2 aromatic carbocycles. The molecule has 4 heteroatoms. The largest absolute Gasteiger partial charge is 0.337 e. The van der Waals surface area contributed by atoms with Crippen molar-refractivity contribution < 1.29 is 9.18 Å². The molecule has 0 radical (unpaired) electrons. The van der Waals surface area contributed by atoms with Gasteiger partial charge in [0.15, 0.2) is 0 Å². The number of hydrogen-bond acceptors (Lipinski definition) is 2. The van der Waals surface area contributed by atoms with E-state index in [2.05, 4.69) is 49.9 Å². The number of rotatable bonds is 3. The van der Waals surface area contributed by atoms with Gasteiger partial charge in [-0.05, 0) is 47.2 Å². The zero-order valence-corrected chi connectivity index (χ0v) is 16.5. The van der Waals surface area contributed by atoms with Crippen molar-refractivity contribution in [3.05, 3.63) is 71.0 Å². The molecule has 0 atom stereocenters. The van der Waals surface area contributed by atoms with E-state index in [1.165, 1.54) is 23.3 Å². The minimum absolute atomic E-state index is 0.00798. The lowest BCUT2D eigenvalue weighted by Gasteiger charge is -2.23. The molecule has 3 nitrogen and oxygen atoms in total. The van der Waals surface area contributed by atoms with Crippen LogP contribution in [-0.4, -0.2) is 41.9 Å². The Balaban J connectivity index is 1.58. The van der Waals surface area contributed by atoms with E-state index in [4.69, 9.17) is 0 Å². The summed E-state index contributed by atoms with van der Waals surface area (Å²) in [6, 6.07) is 14.7. The van der Waals surface area contributed by atoms with Gasteiger partial charge in [0.25, 0.3) is 5.91 Å². The number of carbonyl (C=O) groups is 1. The smallest absolute Gasteiger partial charge is 0.253 e. The van der Waals surface area contributed by atoms with Gasteiger partial charge in [-0.25, -0.2) is 4.39 Å². The van der Waals surface area contributed by atoms with Gasteiger partial charge < -0.3 is 4.90 Å². The Morgan fingerprint density at radius 1 is 0.926 bits per heavy atom. The summed E-state index contributed by atoms with van der Waals surface area (Å²) >= 11 is 0. The molecule has 0 aromatic heterocycles. The molecule has 1 fully saturated rings. The third-order valence-corrected chi connectivity index (χ3v) is 5.19. The normalized spacial score (nSPS) is 16.2. The second-order valence-electron chi connectivity index (χ2n) is 8.38. The molecule has 1 saturated heterocycles. The van der Waals surface area contributed by atoms with Gasteiger partial charge in [0, 0.05) is 38.3 Å². The molecule has 0 spiro atoms. The molecule has 0 bridgehead atoms. The van der Waals surface area contributed by atoms with Gasteiger partial charge in [-0.2, -0.15) is 0 Å². The molecule has 0 aliphatic carbocycles. The van der Waals surface area contributed by atoms with E-state index in [1.807, 2.05) is 4.90 Å². The van der Waals surface area contributed by atoms with Crippen LogP contribution in [0.5, 0.6) is 0 Å². The van der Waals surface area contributed by atoms with E-state index in [0.29, 0.717) is 12.1 Å². The topological polar surface area (TPSA) is 23.6 Å². The van der Waals surface area contributed by atoms with E-state index in [9.17, 15) is 9.18 Å². The lowest BCUT2D eigenvalue weighted by Crippen LogP contribution is -2.35. The first-order valence-electron chi connectivity index (χ1n) is 9.69. The number of nitrogens with zero attached hydrogens (tertiary/aromatic N) is 2. The molecule has 1 heterocycles. The van der Waals surface area contributed by atoms with Gasteiger partial charge in [0.05, 0.1) is 0 Å². The first-order valence-corrected chi connectivity index (χ1v) is 9.69. The minimum Gasteiger partial charge on any atom is -0.337 e. The van der Waals surface area contributed by atoms with Crippen molar-refractivity contribution >= 4 is 5.91 Å². The van der Waals surface area contributed by atoms with E-state index < -0.39 is 0 Å². The average Bonchev–Trinajstić information content (AvgIpc) is 2.87. The summed E-state index contributed by atoms with van der Waals surface area (Å²) in [5, 5.41) is 0. The van der Waals surface area contributed by atoms with Gasteiger partial charge in [-0.15, -0.1) is 0 Å². The molecule has 1 amide bonds. The Hall–Kier alpha value is -2.20. The molecule has 0 N–H and O–H groups in total. The number of benzene rings is 2. The fourth-order valence-electron chi connectivity index (χ4n) is 3.48. The minimum atomic E-state index is -0.314. The third-order valence-electron chi connectivity index (χ3n) is 5.19. The van der Waals surface area contributed by atoms with Crippen LogP contribution in [-0.2, 0) is 12.0 Å². The summed E-state index contributed by atoms with van der Waals surface area (Å²) in [6.07, 6.45) is 0.951. The summed E-state index contributed by atoms with van der Waals surface area (Å²) < 4.78 is 13.1. The zero-order chi connectivity index (χ0) is 19.4. The molecule has 2 aromatic rings. The van der Waals surface area contributed by atoms with Gasteiger partial charge in [-0.1, -0.05) is 45.0 Å². The van der Waals surface area contributed by atoms with Gasteiger partial charge in [-0.3, -0.25) is 9.69 Å². The first-order chi connectivity index (χ1) is 12.8. The van der Waals surface area contributed by atoms with Crippen molar-refractivity contribution in [2.75, 3.05) is 26.2 Å². The van der Waals surface area contributed by atoms with Gasteiger partial charge >= 0.3 is 0 Å². The Morgan fingerprint density at radius 2 is 1.59 bits per heavy atom. The van der Waals surface area contributed by atoms with Crippen LogP contribution >= 0.6 is 0 Å². The van der Waals surface area contributed by atoms with Crippen LogP contribution in [0.2, 0.25) is 0 Å². The standard InChI is InChI=1S/C23H29FN2O/c1-23(2,3)20-9-5-18(6-10-20)17-25-13-4-14-26(16-15-25)22(27)19-7-11-21(24)12-8-19/h5-12H,4,13-17H2,1-3H3. The highest BCUT2D eigenvalue weighted by Gasteiger charge is 2.20. The molecule has 1 aliphatic heterocycles. The Labute approximate surface area is 161 Å². The van der Waals surface area contributed by atoms with Gasteiger partial charge in [0.1, 0.15) is 5.82 Å². The lowest BCUT2D eigenvalue weighted by atomic mass is 9.87. The van der Waals surface area contributed by atoms with Crippen LogP contribution < -0.4 is 0 Å². The molecule has 144 valence electrons. The summed E-state index contributed by atoms with van der Waals surface area (Å²) in [7, 11) is 0. The first kappa shape index (κ1) is 19.6. The summed E-state index contributed by atoms with van der Waals surface area (Å²) in [5.74, 6) is -0.322. The van der Waals surface area contributed by atoms with Crippen LogP contribution in [0.1, 0.15) is 48.7 Å². The number of carbonyl (C=O) groups excluding carboxylic acids is 1. The van der Waals surface area contributed by atoms with Crippen LogP contribution in [0.15, 0.2) is 48.5 Å². The average molecular weight is 368 g/mol. The second kappa shape index (κ2) is 8.22. The monoisotopic (exact) mass is 368 g/mol. The van der Waals surface area contributed by atoms with Gasteiger partial charge in [0.2, 0.25) is 0 Å². The van der Waals surface area contributed by atoms with E-state index >= 15 is 0 Å². The highest BCUT2D eigenvalue weighted by atomic mass is 19.1. The fraction of sp³-hybridized carbons (Fsp3) is 0.435. The van der Waals surface area contributed by atoms with Crippen molar-refractivity contribution in [2.45, 2.75) is 39.2 Å². The lowest BCUT2D eigenvalue weighted by molar-refractivity contribution is 0.0761. The Morgan fingerprint density at radius 3 is 2.22 bits per heavy atom. The molecule has 0 saturated carbocycles. The summed E-state index contributed by atoms with van der Waals surface area (Å²) in [6.45, 7) is 10.9. The highest BCUT2D eigenvalue weighted by molar-refractivity contribution is 5.94.